The predicted octanol–water partition coefficient (Wildman–Crippen LogP) is 6.25. The van der Waals surface area contributed by atoms with E-state index >= 15 is 0 Å². The van der Waals surface area contributed by atoms with E-state index in [4.69, 9.17) is 9.16 Å². The van der Waals surface area contributed by atoms with Crippen molar-refractivity contribution in [3.63, 3.8) is 0 Å². The van der Waals surface area contributed by atoms with Gasteiger partial charge in [-0.05, 0) is 67.3 Å². The van der Waals surface area contributed by atoms with Crippen molar-refractivity contribution in [2.24, 2.45) is 0 Å². The molecular formula is C26H39NO2Si. The van der Waals surface area contributed by atoms with Crippen LogP contribution in [0.15, 0.2) is 54.6 Å². The second kappa shape index (κ2) is 9.25. The zero-order valence-corrected chi connectivity index (χ0v) is 20.7. The lowest BCUT2D eigenvalue weighted by molar-refractivity contribution is 0.101. The quantitative estimate of drug-likeness (QED) is 0.489. The molecule has 0 saturated carbocycles. The molecule has 0 radical (unpaired) electrons. The first kappa shape index (κ1) is 23.0. The van der Waals surface area contributed by atoms with Crippen LogP contribution in [0.1, 0.15) is 44.7 Å². The molecule has 1 saturated heterocycles. The highest BCUT2D eigenvalue weighted by atomic mass is 28.4. The van der Waals surface area contributed by atoms with Crippen molar-refractivity contribution in [1.82, 2.24) is 4.90 Å². The summed E-state index contributed by atoms with van der Waals surface area (Å²) < 4.78 is 12.2. The maximum atomic E-state index is 6.78. The number of hydrogen-bond acceptors (Lipinski definition) is 3. The Morgan fingerprint density at radius 3 is 2.23 bits per heavy atom. The van der Waals surface area contributed by atoms with Gasteiger partial charge >= 0.3 is 0 Å². The summed E-state index contributed by atoms with van der Waals surface area (Å²) in [5.41, 5.74) is 2.87. The van der Waals surface area contributed by atoms with Crippen molar-refractivity contribution >= 4 is 8.32 Å². The number of piperidine rings is 1. The van der Waals surface area contributed by atoms with Gasteiger partial charge in [0, 0.05) is 18.6 Å². The Hall–Kier alpha value is -1.62. The highest BCUT2D eigenvalue weighted by Gasteiger charge is 2.42. The van der Waals surface area contributed by atoms with E-state index in [0.29, 0.717) is 0 Å². The molecule has 0 spiro atoms. The average Bonchev–Trinajstić information content (AvgIpc) is 2.73. The second-order valence-corrected chi connectivity index (χ2v) is 15.1. The fraction of sp³-hybridized carbons (Fsp3) is 0.538. The molecule has 30 heavy (non-hydrogen) atoms. The maximum absolute atomic E-state index is 6.78. The standard InChI is InChI=1S/C26H39NO2Si/c1-25(2,3)30(5,6)29-21-26(23-12-8-7-9-13-23)15-17-27(18-16-26)20-22-11-10-14-24(19-22)28-4/h7-14,19H,15-18,20-21H2,1-6H3. The Morgan fingerprint density at radius 1 is 0.967 bits per heavy atom. The van der Waals surface area contributed by atoms with Crippen LogP contribution in [-0.2, 0) is 16.4 Å². The molecule has 164 valence electrons. The van der Waals surface area contributed by atoms with E-state index in [1.807, 2.05) is 6.07 Å². The van der Waals surface area contributed by atoms with Gasteiger partial charge in [0.15, 0.2) is 8.32 Å². The van der Waals surface area contributed by atoms with E-state index in [-0.39, 0.29) is 10.5 Å². The van der Waals surface area contributed by atoms with E-state index in [0.717, 1.165) is 44.8 Å². The number of likely N-dealkylation sites (tertiary alicyclic amines) is 1. The lowest BCUT2D eigenvalue weighted by atomic mass is 9.73. The van der Waals surface area contributed by atoms with Crippen LogP contribution >= 0.6 is 0 Å². The summed E-state index contributed by atoms with van der Waals surface area (Å²) in [7, 11) is -0.0520. The van der Waals surface area contributed by atoms with Gasteiger partial charge in [-0.2, -0.15) is 0 Å². The Balaban J connectivity index is 1.72. The zero-order chi connectivity index (χ0) is 21.8. The van der Waals surface area contributed by atoms with E-state index in [9.17, 15) is 0 Å². The van der Waals surface area contributed by atoms with Crippen LogP contribution in [0.4, 0.5) is 0 Å². The summed E-state index contributed by atoms with van der Waals surface area (Å²) in [5, 5.41) is 0.234. The molecule has 0 amide bonds. The number of hydrogen-bond donors (Lipinski definition) is 0. The number of benzene rings is 2. The molecule has 0 aliphatic carbocycles. The van der Waals surface area contributed by atoms with Crippen LogP contribution in [0.25, 0.3) is 0 Å². The Bertz CT molecular complexity index is 805. The van der Waals surface area contributed by atoms with Crippen LogP contribution < -0.4 is 4.74 Å². The molecule has 0 bridgehead atoms. The summed E-state index contributed by atoms with van der Waals surface area (Å²) in [5.74, 6) is 0.936. The fourth-order valence-corrected chi connectivity index (χ4v) is 5.08. The highest BCUT2D eigenvalue weighted by Crippen LogP contribution is 2.41. The fourth-order valence-electron chi connectivity index (χ4n) is 4.01. The van der Waals surface area contributed by atoms with Crippen LogP contribution in [0.2, 0.25) is 18.1 Å². The number of rotatable bonds is 7. The summed E-state index contributed by atoms with van der Waals surface area (Å²) in [6, 6.07) is 19.5. The maximum Gasteiger partial charge on any atom is 0.192 e. The smallest absolute Gasteiger partial charge is 0.192 e. The van der Waals surface area contributed by atoms with Crippen molar-refractivity contribution in [3.8, 4) is 5.75 Å². The predicted molar refractivity (Wildman–Crippen MR) is 129 cm³/mol. The SMILES string of the molecule is COc1cccc(CN2CCC(CO[Si](C)(C)C(C)(C)C)(c3ccccc3)CC2)c1. The third-order valence-corrected chi connectivity index (χ3v) is 11.7. The monoisotopic (exact) mass is 425 g/mol. The first-order valence-electron chi connectivity index (χ1n) is 11.2. The van der Waals surface area contributed by atoms with E-state index in [1.54, 1.807) is 7.11 Å². The minimum Gasteiger partial charge on any atom is -0.497 e. The van der Waals surface area contributed by atoms with Crippen LogP contribution in [0, 0.1) is 0 Å². The first-order valence-corrected chi connectivity index (χ1v) is 14.1. The minimum atomic E-state index is -1.78. The van der Waals surface area contributed by atoms with Gasteiger partial charge in [0.25, 0.3) is 0 Å². The molecule has 1 fully saturated rings. The average molecular weight is 426 g/mol. The summed E-state index contributed by atoms with van der Waals surface area (Å²) >= 11 is 0. The molecule has 2 aromatic carbocycles. The Morgan fingerprint density at radius 2 is 1.63 bits per heavy atom. The second-order valence-electron chi connectivity index (χ2n) is 10.3. The van der Waals surface area contributed by atoms with E-state index in [1.165, 1.54) is 11.1 Å². The number of methoxy groups -OCH3 is 1. The Labute approximate surface area is 184 Å². The number of nitrogens with zero attached hydrogens (tertiary/aromatic N) is 1. The van der Waals surface area contributed by atoms with E-state index in [2.05, 4.69) is 87.3 Å². The largest absolute Gasteiger partial charge is 0.497 e. The van der Waals surface area contributed by atoms with Gasteiger partial charge < -0.3 is 9.16 Å². The molecule has 0 N–H and O–H groups in total. The molecule has 3 rings (SSSR count). The van der Waals surface area contributed by atoms with Crippen LogP contribution in [0.3, 0.4) is 0 Å². The molecule has 1 aliphatic heterocycles. The Kier molecular flexibility index (Phi) is 7.11. The normalized spacial score (nSPS) is 17.7. The zero-order valence-electron chi connectivity index (χ0n) is 19.7. The highest BCUT2D eigenvalue weighted by molar-refractivity contribution is 6.74. The van der Waals surface area contributed by atoms with E-state index < -0.39 is 8.32 Å². The molecule has 4 heteroatoms. The lowest BCUT2D eigenvalue weighted by Gasteiger charge is -2.45. The molecular weight excluding hydrogens is 386 g/mol. The first-order chi connectivity index (χ1) is 14.2. The summed E-state index contributed by atoms with van der Waals surface area (Å²) in [6.45, 7) is 15.7. The summed E-state index contributed by atoms with van der Waals surface area (Å²) in [4.78, 5) is 2.57. The van der Waals surface area contributed by atoms with Crippen molar-refractivity contribution < 1.29 is 9.16 Å². The molecule has 3 nitrogen and oxygen atoms in total. The van der Waals surface area contributed by atoms with Crippen molar-refractivity contribution in [2.75, 3.05) is 26.8 Å². The molecule has 2 aromatic rings. The topological polar surface area (TPSA) is 21.7 Å². The third kappa shape index (κ3) is 5.34. The third-order valence-electron chi connectivity index (χ3n) is 7.26. The molecule has 0 atom stereocenters. The van der Waals surface area contributed by atoms with Gasteiger partial charge in [0.1, 0.15) is 5.75 Å². The van der Waals surface area contributed by atoms with Gasteiger partial charge in [-0.15, -0.1) is 0 Å². The molecule has 0 aromatic heterocycles. The van der Waals surface area contributed by atoms with Gasteiger partial charge in [-0.1, -0.05) is 63.2 Å². The van der Waals surface area contributed by atoms with Gasteiger partial charge in [0.2, 0.25) is 0 Å². The molecule has 0 unspecified atom stereocenters. The summed E-state index contributed by atoms with van der Waals surface area (Å²) in [6.07, 6.45) is 2.27. The van der Waals surface area contributed by atoms with Crippen LogP contribution in [-0.4, -0.2) is 40.0 Å². The van der Waals surface area contributed by atoms with Crippen molar-refractivity contribution in [1.29, 1.82) is 0 Å². The molecule has 1 aliphatic rings. The van der Waals surface area contributed by atoms with Crippen molar-refractivity contribution in [2.45, 2.75) is 63.7 Å². The lowest BCUT2D eigenvalue weighted by Crippen LogP contribution is -2.49. The number of ether oxygens (including phenoxy) is 1. The van der Waals surface area contributed by atoms with Gasteiger partial charge in [-0.25, -0.2) is 0 Å². The van der Waals surface area contributed by atoms with Crippen LogP contribution in [0.5, 0.6) is 5.75 Å². The van der Waals surface area contributed by atoms with Crippen molar-refractivity contribution in [3.05, 3.63) is 65.7 Å². The van der Waals surface area contributed by atoms with Gasteiger partial charge in [-0.3, -0.25) is 4.90 Å². The van der Waals surface area contributed by atoms with Gasteiger partial charge in [0.05, 0.1) is 7.11 Å². The minimum absolute atomic E-state index is 0.113. The molecule has 1 heterocycles.